The summed E-state index contributed by atoms with van der Waals surface area (Å²) in [5.41, 5.74) is 3.17. The molecule has 0 aliphatic carbocycles. The van der Waals surface area contributed by atoms with Crippen LogP contribution in [0.25, 0.3) is 11.3 Å². The number of anilines is 1. The lowest BCUT2D eigenvalue weighted by atomic mass is 10.1. The molecule has 1 aliphatic rings. The number of amides is 1. The first-order valence-corrected chi connectivity index (χ1v) is 10.5. The number of halogens is 1. The number of hydrogen-bond donors (Lipinski definition) is 0. The molecule has 2 aromatic carbocycles. The molecule has 0 unspecified atom stereocenters. The number of ether oxygens (including phenoxy) is 1. The molecule has 6 nitrogen and oxygen atoms in total. The maximum Gasteiger partial charge on any atom is 0.272 e. The highest BCUT2D eigenvalue weighted by atomic mass is 35.5. The Balaban J connectivity index is 1.47. The monoisotopic (exact) mass is 424 g/mol. The van der Waals surface area contributed by atoms with Gasteiger partial charge in [-0.05, 0) is 31.2 Å². The van der Waals surface area contributed by atoms with E-state index in [1.165, 1.54) is 0 Å². The fourth-order valence-electron chi connectivity index (χ4n) is 3.78. The topological polar surface area (TPSA) is 50.6 Å². The van der Waals surface area contributed by atoms with E-state index < -0.39 is 0 Å². The summed E-state index contributed by atoms with van der Waals surface area (Å²) >= 11 is 6.30. The molecule has 1 aromatic heterocycles. The Bertz CT molecular complexity index is 1040. The molecule has 0 N–H and O–H groups in total. The van der Waals surface area contributed by atoms with Crippen molar-refractivity contribution >= 4 is 23.2 Å². The van der Waals surface area contributed by atoms with Gasteiger partial charge in [0.05, 0.1) is 23.0 Å². The van der Waals surface area contributed by atoms with Crippen LogP contribution >= 0.6 is 11.6 Å². The van der Waals surface area contributed by atoms with Crippen LogP contribution in [-0.2, 0) is 7.05 Å². The molecule has 1 fully saturated rings. The molecule has 0 bridgehead atoms. The molecule has 0 radical (unpaired) electrons. The minimum absolute atomic E-state index is 0.0129. The van der Waals surface area contributed by atoms with E-state index in [0.29, 0.717) is 36.1 Å². The summed E-state index contributed by atoms with van der Waals surface area (Å²) in [6.07, 6.45) is 0. The van der Waals surface area contributed by atoms with Gasteiger partial charge in [0.2, 0.25) is 0 Å². The molecule has 1 saturated heterocycles. The van der Waals surface area contributed by atoms with Crippen LogP contribution in [0.1, 0.15) is 17.4 Å². The van der Waals surface area contributed by atoms with E-state index in [4.69, 9.17) is 16.3 Å². The van der Waals surface area contributed by atoms with Gasteiger partial charge in [0, 0.05) is 38.8 Å². The molecule has 2 heterocycles. The lowest BCUT2D eigenvalue weighted by Crippen LogP contribution is -2.49. The van der Waals surface area contributed by atoms with Crippen LogP contribution in [0.2, 0.25) is 5.02 Å². The number of rotatable bonds is 5. The zero-order valence-corrected chi connectivity index (χ0v) is 18.0. The van der Waals surface area contributed by atoms with Crippen molar-refractivity contribution < 1.29 is 9.53 Å². The van der Waals surface area contributed by atoms with Gasteiger partial charge in [0.1, 0.15) is 11.4 Å². The van der Waals surface area contributed by atoms with Gasteiger partial charge < -0.3 is 14.5 Å². The van der Waals surface area contributed by atoms with Crippen LogP contribution in [0.3, 0.4) is 0 Å². The number of aryl methyl sites for hydroxylation is 1. The fraction of sp³-hybridized carbons (Fsp3) is 0.304. The van der Waals surface area contributed by atoms with E-state index in [1.54, 1.807) is 11.7 Å². The van der Waals surface area contributed by atoms with Crippen LogP contribution in [-0.4, -0.2) is 53.4 Å². The number of hydrogen-bond acceptors (Lipinski definition) is 4. The number of piperazine rings is 1. The SMILES string of the molecule is CCOc1ccccc1N1CCN(C(=O)c2cc(-c3ccccc3Cl)nn2C)CC1. The first-order valence-electron chi connectivity index (χ1n) is 10.1. The molecule has 4 rings (SSSR count). The van der Waals surface area contributed by atoms with Gasteiger partial charge in [0.25, 0.3) is 5.91 Å². The normalized spacial score (nSPS) is 14.1. The molecular formula is C23H25ClN4O2. The van der Waals surface area contributed by atoms with Crippen LogP contribution in [0, 0.1) is 0 Å². The van der Waals surface area contributed by atoms with Crippen molar-refractivity contribution in [2.75, 3.05) is 37.7 Å². The number of aromatic nitrogens is 2. The third-order valence-electron chi connectivity index (χ3n) is 5.32. The van der Waals surface area contributed by atoms with Crippen molar-refractivity contribution in [3.63, 3.8) is 0 Å². The largest absolute Gasteiger partial charge is 0.492 e. The number of nitrogens with zero attached hydrogens (tertiary/aromatic N) is 4. The lowest BCUT2D eigenvalue weighted by Gasteiger charge is -2.36. The highest BCUT2D eigenvalue weighted by Gasteiger charge is 2.26. The Labute approximate surface area is 181 Å². The first-order chi connectivity index (χ1) is 14.6. The summed E-state index contributed by atoms with van der Waals surface area (Å²) in [5.74, 6) is 0.872. The maximum absolute atomic E-state index is 13.2. The molecule has 7 heteroatoms. The molecule has 3 aromatic rings. The van der Waals surface area contributed by atoms with Gasteiger partial charge in [-0.3, -0.25) is 9.48 Å². The van der Waals surface area contributed by atoms with Gasteiger partial charge in [0.15, 0.2) is 0 Å². The zero-order valence-electron chi connectivity index (χ0n) is 17.2. The van der Waals surface area contributed by atoms with Crippen molar-refractivity contribution in [1.82, 2.24) is 14.7 Å². The molecule has 156 valence electrons. The number of para-hydroxylation sites is 2. The minimum Gasteiger partial charge on any atom is -0.492 e. The Hall–Kier alpha value is -2.99. The van der Waals surface area contributed by atoms with Gasteiger partial charge in [-0.1, -0.05) is 41.9 Å². The van der Waals surface area contributed by atoms with Gasteiger partial charge in [-0.15, -0.1) is 0 Å². The second-order valence-electron chi connectivity index (χ2n) is 7.20. The van der Waals surface area contributed by atoms with E-state index in [9.17, 15) is 4.79 Å². The highest BCUT2D eigenvalue weighted by molar-refractivity contribution is 6.33. The summed E-state index contributed by atoms with van der Waals surface area (Å²) < 4.78 is 7.40. The maximum atomic E-state index is 13.2. The van der Waals surface area contributed by atoms with Crippen LogP contribution in [0.15, 0.2) is 54.6 Å². The smallest absolute Gasteiger partial charge is 0.272 e. The molecule has 1 amide bonds. The van der Waals surface area contributed by atoms with Gasteiger partial charge in [-0.2, -0.15) is 5.10 Å². The van der Waals surface area contributed by atoms with Gasteiger partial charge >= 0.3 is 0 Å². The predicted molar refractivity (Wildman–Crippen MR) is 119 cm³/mol. The number of carbonyl (C=O) groups excluding carboxylic acids is 1. The van der Waals surface area contributed by atoms with E-state index in [-0.39, 0.29) is 5.91 Å². The Morgan fingerprint density at radius 2 is 1.77 bits per heavy atom. The van der Waals surface area contributed by atoms with Gasteiger partial charge in [-0.25, -0.2) is 0 Å². The van der Waals surface area contributed by atoms with Crippen LogP contribution in [0.4, 0.5) is 5.69 Å². The predicted octanol–water partition coefficient (Wildman–Crippen LogP) is 4.10. The van der Waals surface area contributed by atoms with Crippen LogP contribution < -0.4 is 9.64 Å². The second kappa shape index (κ2) is 8.79. The van der Waals surface area contributed by atoms with Crippen molar-refractivity contribution in [3.05, 3.63) is 65.3 Å². The second-order valence-corrected chi connectivity index (χ2v) is 7.61. The standard InChI is InChI=1S/C23H25ClN4O2/c1-3-30-22-11-7-6-10-20(22)27-12-14-28(15-13-27)23(29)21-16-19(25-26(21)2)17-8-4-5-9-18(17)24/h4-11,16H,3,12-15H2,1-2H3. The third kappa shape index (κ3) is 4.00. The van der Waals surface area contributed by atoms with Crippen molar-refractivity contribution in [3.8, 4) is 17.0 Å². The Morgan fingerprint density at radius 1 is 1.07 bits per heavy atom. The third-order valence-corrected chi connectivity index (χ3v) is 5.65. The zero-order chi connectivity index (χ0) is 21.1. The summed E-state index contributed by atoms with van der Waals surface area (Å²) in [5, 5.41) is 5.13. The average molecular weight is 425 g/mol. The van der Waals surface area contributed by atoms with E-state index in [0.717, 1.165) is 30.1 Å². The summed E-state index contributed by atoms with van der Waals surface area (Å²) in [4.78, 5) is 17.3. The highest BCUT2D eigenvalue weighted by Crippen LogP contribution is 2.30. The Morgan fingerprint density at radius 3 is 2.50 bits per heavy atom. The summed E-state index contributed by atoms with van der Waals surface area (Å²) in [7, 11) is 1.79. The van der Waals surface area contributed by atoms with Crippen LogP contribution in [0.5, 0.6) is 5.75 Å². The molecular weight excluding hydrogens is 400 g/mol. The van der Waals surface area contributed by atoms with E-state index in [1.807, 2.05) is 60.4 Å². The number of carbonyl (C=O) groups is 1. The minimum atomic E-state index is -0.0129. The first kappa shape index (κ1) is 20.3. The molecule has 1 aliphatic heterocycles. The number of benzene rings is 2. The molecule has 0 saturated carbocycles. The van der Waals surface area contributed by atoms with E-state index >= 15 is 0 Å². The lowest BCUT2D eigenvalue weighted by molar-refractivity contribution is 0.0735. The molecule has 30 heavy (non-hydrogen) atoms. The van der Waals surface area contributed by atoms with E-state index in [2.05, 4.69) is 16.1 Å². The molecule has 0 atom stereocenters. The van der Waals surface area contributed by atoms with Crippen molar-refractivity contribution in [2.24, 2.45) is 7.05 Å². The summed E-state index contributed by atoms with van der Waals surface area (Å²) in [6.45, 7) is 5.41. The average Bonchev–Trinajstić information content (AvgIpc) is 3.15. The fourth-order valence-corrected chi connectivity index (χ4v) is 4.01. The molecule has 0 spiro atoms. The Kier molecular flexibility index (Phi) is 5.95. The van der Waals surface area contributed by atoms with Crippen molar-refractivity contribution in [1.29, 1.82) is 0 Å². The van der Waals surface area contributed by atoms with Crippen molar-refractivity contribution in [2.45, 2.75) is 6.92 Å². The summed E-state index contributed by atoms with van der Waals surface area (Å²) in [6, 6.07) is 17.4. The quantitative estimate of drug-likeness (QED) is 0.618.